The van der Waals surface area contributed by atoms with Crippen LogP contribution >= 0.6 is 0 Å². The highest BCUT2D eigenvalue weighted by Gasteiger charge is 2.62. The lowest BCUT2D eigenvalue weighted by atomic mass is 9.56. The highest BCUT2D eigenvalue weighted by atomic mass is 19.1. The SMILES string of the molecule is O=C(NC1CCN(Cc2cccnc2)CC1)C1C2CCC1(c1ccc(F)cc1)C2. The van der Waals surface area contributed by atoms with Crippen LogP contribution in [0, 0.1) is 17.7 Å². The van der Waals surface area contributed by atoms with E-state index in [1.165, 1.54) is 17.7 Å². The second-order valence-corrected chi connectivity index (χ2v) is 9.06. The minimum absolute atomic E-state index is 0.0568. The predicted octanol–water partition coefficient (Wildman–Crippen LogP) is 3.67. The van der Waals surface area contributed by atoms with Gasteiger partial charge in [-0.05, 0) is 67.3 Å². The van der Waals surface area contributed by atoms with Crippen LogP contribution < -0.4 is 5.32 Å². The Kier molecular flexibility index (Phi) is 4.86. The van der Waals surface area contributed by atoms with Crippen LogP contribution in [0.25, 0.3) is 0 Å². The number of nitrogens with one attached hydrogen (secondary N) is 1. The van der Waals surface area contributed by atoms with Crippen molar-refractivity contribution in [1.82, 2.24) is 15.2 Å². The van der Waals surface area contributed by atoms with Crippen LogP contribution in [0.5, 0.6) is 0 Å². The molecule has 1 aliphatic heterocycles. The van der Waals surface area contributed by atoms with E-state index in [9.17, 15) is 9.18 Å². The van der Waals surface area contributed by atoms with Crippen LogP contribution in [0.15, 0.2) is 48.8 Å². The Labute approximate surface area is 171 Å². The van der Waals surface area contributed by atoms with Crippen LogP contribution in [0.4, 0.5) is 4.39 Å². The maximum Gasteiger partial charge on any atom is 0.224 e. The summed E-state index contributed by atoms with van der Waals surface area (Å²) in [6.07, 6.45) is 8.94. The molecule has 2 bridgehead atoms. The fourth-order valence-corrected chi connectivity index (χ4v) is 5.94. The normalized spacial score (nSPS) is 29.4. The molecule has 3 saturated carbocycles. The van der Waals surface area contributed by atoms with Gasteiger partial charge in [0.05, 0.1) is 5.92 Å². The molecular formula is C24H28FN3O. The average Bonchev–Trinajstić information content (AvgIpc) is 3.32. The second-order valence-electron chi connectivity index (χ2n) is 9.06. The molecule has 5 heteroatoms. The van der Waals surface area contributed by atoms with Crippen LogP contribution in [-0.4, -0.2) is 34.9 Å². The van der Waals surface area contributed by atoms with Gasteiger partial charge in [-0.3, -0.25) is 14.7 Å². The number of pyridine rings is 1. The van der Waals surface area contributed by atoms with Crippen molar-refractivity contribution in [1.29, 1.82) is 0 Å². The minimum Gasteiger partial charge on any atom is -0.353 e. The van der Waals surface area contributed by atoms with Gasteiger partial charge in [-0.15, -0.1) is 0 Å². The molecule has 2 aromatic rings. The molecule has 4 nitrogen and oxygen atoms in total. The molecule has 29 heavy (non-hydrogen) atoms. The van der Waals surface area contributed by atoms with E-state index in [-0.39, 0.29) is 29.1 Å². The topological polar surface area (TPSA) is 45.2 Å². The van der Waals surface area contributed by atoms with Gasteiger partial charge in [0, 0.05) is 43.5 Å². The van der Waals surface area contributed by atoms with Crippen molar-refractivity contribution in [2.45, 2.75) is 50.1 Å². The number of nitrogens with zero attached hydrogens (tertiary/aromatic N) is 2. The first-order valence-electron chi connectivity index (χ1n) is 10.8. The molecule has 3 aliphatic carbocycles. The zero-order valence-electron chi connectivity index (χ0n) is 16.7. The molecule has 4 aliphatic rings. The Hall–Kier alpha value is -2.27. The molecular weight excluding hydrogens is 365 g/mol. The summed E-state index contributed by atoms with van der Waals surface area (Å²) in [6.45, 7) is 2.92. The van der Waals surface area contributed by atoms with Gasteiger partial charge in [0.2, 0.25) is 5.91 Å². The average molecular weight is 394 g/mol. The number of hydrogen-bond acceptors (Lipinski definition) is 3. The molecule has 1 saturated heterocycles. The van der Waals surface area contributed by atoms with Gasteiger partial charge in [-0.2, -0.15) is 0 Å². The zero-order chi connectivity index (χ0) is 19.8. The highest BCUT2D eigenvalue weighted by Crippen LogP contribution is 2.64. The maximum atomic E-state index is 13.4. The zero-order valence-corrected chi connectivity index (χ0v) is 16.7. The fourth-order valence-electron chi connectivity index (χ4n) is 5.94. The Balaban J connectivity index is 1.18. The van der Waals surface area contributed by atoms with E-state index < -0.39 is 0 Å². The Morgan fingerprint density at radius 3 is 2.66 bits per heavy atom. The van der Waals surface area contributed by atoms with Gasteiger partial charge in [0.25, 0.3) is 0 Å². The first-order chi connectivity index (χ1) is 14.1. The highest BCUT2D eigenvalue weighted by molar-refractivity contribution is 5.83. The van der Waals surface area contributed by atoms with E-state index in [2.05, 4.69) is 21.3 Å². The third-order valence-electron chi connectivity index (χ3n) is 7.42. The number of carbonyl (C=O) groups excluding carboxylic acids is 1. The van der Waals surface area contributed by atoms with Crippen molar-refractivity contribution in [3.8, 4) is 0 Å². The molecule has 1 N–H and O–H groups in total. The van der Waals surface area contributed by atoms with Crippen molar-refractivity contribution in [2.24, 2.45) is 11.8 Å². The lowest BCUT2D eigenvalue weighted by Crippen LogP contribution is -2.55. The van der Waals surface area contributed by atoms with Gasteiger partial charge >= 0.3 is 0 Å². The number of likely N-dealkylation sites (tertiary alicyclic amines) is 1. The monoisotopic (exact) mass is 393 g/mol. The van der Waals surface area contributed by atoms with Gasteiger partial charge in [-0.1, -0.05) is 18.2 Å². The number of fused-ring (bicyclic) bond motifs is 1. The van der Waals surface area contributed by atoms with E-state index in [0.29, 0.717) is 5.92 Å². The molecule has 0 radical (unpaired) electrons. The first-order valence-corrected chi connectivity index (χ1v) is 10.8. The summed E-state index contributed by atoms with van der Waals surface area (Å²) >= 11 is 0. The number of carbonyl (C=O) groups is 1. The quantitative estimate of drug-likeness (QED) is 0.843. The van der Waals surface area contributed by atoms with Crippen LogP contribution in [-0.2, 0) is 16.8 Å². The summed E-state index contributed by atoms with van der Waals surface area (Å²) < 4.78 is 13.4. The van der Waals surface area contributed by atoms with Crippen LogP contribution in [0.2, 0.25) is 0 Å². The number of amides is 1. The van der Waals surface area contributed by atoms with Gasteiger partial charge in [0.15, 0.2) is 0 Å². The second kappa shape index (κ2) is 7.52. The van der Waals surface area contributed by atoms with E-state index >= 15 is 0 Å². The Morgan fingerprint density at radius 1 is 1.17 bits per heavy atom. The lowest BCUT2D eigenvalue weighted by Gasteiger charge is -2.47. The predicted molar refractivity (Wildman–Crippen MR) is 110 cm³/mol. The molecule has 2 heterocycles. The molecule has 3 unspecified atom stereocenters. The molecule has 4 fully saturated rings. The molecule has 0 spiro atoms. The Morgan fingerprint density at radius 2 is 1.97 bits per heavy atom. The third-order valence-corrected chi connectivity index (χ3v) is 7.42. The molecule has 152 valence electrons. The van der Waals surface area contributed by atoms with Crippen molar-refractivity contribution < 1.29 is 9.18 Å². The van der Waals surface area contributed by atoms with Crippen molar-refractivity contribution in [2.75, 3.05) is 13.1 Å². The van der Waals surface area contributed by atoms with E-state index in [1.54, 1.807) is 6.20 Å². The lowest BCUT2D eigenvalue weighted by molar-refractivity contribution is -0.134. The van der Waals surface area contributed by atoms with E-state index in [4.69, 9.17) is 0 Å². The number of rotatable bonds is 5. The van der Waals surface area contributed by atoms with Crippen LogP contribution in [0.3, 0.4) is 0 Å². The molecule has 1 aromatic carbocycles. The number of aromatic nitrogens is 1. The van der Waals surface area contributed by atoms with Gasteiger partial charge < -0.3 is 5.32 Å². The summed E-state index contributed by atoms with van der Waals surface area (Å²) in [5.41, 5.74) is 2.31. The summed E-state index contributed by atoms with van der Waals surface area (Å²) in [7, 11) is 0. The molecule has 1 amide bonds. The summed E-state index contributed by atoms with van der Waals surface area (Å²) in [6, 6.07) is 11.2. The van der Waals surface area contributed by atoms with Gasteiger partial charge in [0.1, 0.15) is 5.82 Å². The summed E-state index contributed by atoms with van der Waals surface area (Å²) in [5.74, 6) is 0.555. The smallest absolute Gasteiger partial charge is 0.224 e. The largest absolute Gasteiger partial charge is 0.353 e. The summed E-state index contributed by atoms with van der Waals surface area (Å²) in [4.78, 5) is 19.8. The molecule has 3 atom stereocenters. The number of hydrogen-bond donors (Lipinski definition) is 1. The van der Waals surface area contributed by atoms with Crippen molar-refractivity contribution in [3.63, 3.8) is 0 Å². The van der Waals surface area contributed by atoms with Crippen molar-refractivity contribution >= 4 is 5.91 Å². The molecule has 6 rings (SSSR count). The van der Waals surface area contributed by atoms with Gasteiger partial charge in [-0.25, -0.2) is 4.39 Å². The maximum absolute atomic E-state index is 13.4. The standard InChI is InChI=1S/C24H28FN3O/c25-20-5-3-19(4-6-20)24-10-7-18(14-24)22(24)23(29)27-21-8-12-28(13-9-21)16-17-2-1-11-26-15-17/h1-6,11,15,18,21-22H,7-10,12-14,16H2,(H,27,29). The number of halogens is 1. The molecule has 1 aromatic heterocycles. The Bertz CT molecular complexity index is 859. The van der Waals surface area contributed by atoms with E-state index in [1.807, 2.05) is 24.4 Å². The van der Waals surface area contributed by atoms with E-state index in [0.717, 1.165) is 57.3 Å². The minimum atomic E-state index is -0.210. The van der Waals surface area contributed by atoms with Crippen molar-refractivity contribution in [3.05, 3.63) is 65.7 Å². The number of benzene rings is 1. The summed E-state index contributed by atoms with van der Waals surface area (Å²) in [5, 5.41) is 3.36. The fraction of sp³-hybridized carbons (Fsp3) is 0.500. The van der Waals surface area contributed by atoms with Crippen LogP contribution in [0.1, 0.15) is 43.2 Å². The third kappa shape index (κ3) is 3.46. The first kappa shape index (κ1) is 18.7. The number of piperidine rings is 1.